The molecule has 5 atom stereocenters. The van der Waals surface area contributed by atoms with E-state index in [2.05, 4.69) is 10.6 Å². The third kappa shape index (κ3) is 11.4. The molecule has 4 N–H and O–H groups in total. The summed E-state index contributed by atoms with van der Waals surface area (Å²) >= 11 is 0. The number of aliphatic hydroxyl groups excluding tert-OH is 2. The van der Waals surface area contributed by atoms with Gasteiger partial charge in [0, 0.05) is 6.54 Å². The molecule has 2 amide bonds. The van der Waals surface area contributed by atoms with E-state index in [0.717, 1.165) is 31.2 Å². The lowest BCUT2D eigenvalue weighted by Crippen LogP contribution is -2.52. The highest BCUT2D eigenvalue weighted by molar-refractivity contribution is 7.91. The van der Waals surface area contributed by atoms with Gasteiger partial charge in [-0.2, -0.15) is 0 Å². The molecule has 0 saturated heterocycles. The first kappa shape index (κ1) is 34.7. The molecule has 0 aliphatic heterocycles. The zero-order valence-electron chi connectivity index (χ0n) is 25.8. The van der Waals surface area contributed by atoms with Crippen LogP contribution in [-0.2, 0) is 25.8 Å². The number of aliphatic hydroxyl groups is 2. The van der Waals surface area contributed by atoms with E-state index < -0.39 is 45.8 Å². The maximum absolute atomic E-state index is 13.4. The number of amides is 2. The summed E-state index contributed by atoms with van der Waals surface area (Å²) in [4.78, 5) is 26.8. The summed E-state index contributed by atoms with van der Waals surface area (Å²) in [5.41, 5.74) is 0.844. The SMILES string of the molecule is CC(C)C[C@H](O)[C@H](O)[C@H](CC1CCCCC1)NC(=O)[C@H](C)CNC(=O)[C@H](Cc1ccccc1)CS(=O)(=O)c1ccccc1. The molecule has 0 aromatic heterocycles. The number of sulfone groups is 1. The van der Waals surface area contributed by atoms with Gasteiger partial charge >= 0.3 is 0 Å². The smallest absolute Gasteiger partial charge is 0.224 e. The molecule has 0 bridgehead atoms. The fraction of sp³-hybridized carbons (Fsp3) is 0.588. The quantitative estimate of drug-likeness (QED) is 0.223. The standard InChI is InChI=1S/C34H50N2O6S/c1-24(2)19-31(37)32(38)30(21-27-15-9-5-10-16-27)36-33(39)25(3)22-35-34(40)28(20-26-13-7-4-8-14-26)23-43(41,42)29-17-11-6-12-18-29/h4,6-8,11-14,17-18,24-25,27-28,30-32,37-38H,5,9-10,15-16,19-23H2,1-3H3,(H,35,40)(H,36,39)/t25-,28-,30+,31+,32-/m1/s1. The maximum Gasteiger partial charge on any atom is 0.224 e. The minimum absolute atomic E-state index is 0.0160. The van der Waals surface area contributed by atoms with E-state index in [4.69, 9.17) is 0 Å². The average molecular weight is 615 g/mol. The van der Waals surface area contributed by atoms with E-state index in [1.165, 1.54) is 18.6 Å². The van der Waals surface area contributed by atoms with Crippen molar-refractivity contribution in [3.05, 3.63) is 66.2 Å². The summed E-state index contributed by atoms with van der Waals surface area (Å²) < 4.78 is 26.3. The van der Waals surface area contributed by atoms with Crippen LogP contribution in [0.25, 0.3) is 0 Å². The molecule has 0 heterocycles. The van der Waals surface area contributed by atoms with E-state index in [0.29, 0.717) is 18.8 Å². The van der Waals surface area contributed by atoms with Crippen LogP contribution < -0.4 is 10.6 Å². The molecule has 1 aliphatic rings. The van der Waals surface area contributed by atoms with Crippen LogP contribution >= 0.6 is 0 Å². The minimum Gasteiger partial charge on any atom is -0.390 e. The average Bonchev–Trinajstić information content (AvgIpc) is 2.99. The summed E-state index contributed by atoms with van der Waals surface area (Å²) in [6.45, 7) is 5.66. The van der Waals surface area contributed by atoms with Gasteiger partial charge < -0.3 is 20.8 Å². The number of rotatable bonds is 16. The maximum atomic E-state index is 13.4. The predicted molar refractivity (Wildman–Crippen MR) is 169 cm³/mol. The second kappa shape index (κ2) is 16.9. The van der Waals surface area contributed by atoms with Gasteiger partial charge in [-0.3, -0.25) is 9.59 Å². The number of benzene rings is 2. The van der Waals surface area contributed by atoms with Crippen LogP contribution in [-0.4, -0.2) is 61.0 Å². The van der Waals surface area contributed by atoms with Crippen LogP contribution in [0.3, 0.4) is 0 Å². The summed E-state index contributed by atoms with van der Waals surface area (Å²) in [6, 6.07) is 16.8. The van der Waals surface area contributed by atoms with Crippen LogP contribution in [0.15, 0.2) is 65.6 Å². The Morgan fingerprint density at radius 1 is 0.884 bits per heavy atom. The second-order valence-electron chi connectivity index (χ2n) is 12.7. The molecule has 238 valence electrons. The van der Waals surface area contributed by atoms with Crippen LogP contribution in [0.4, 0.5) is 0 Å². The van der Waals surface area contributed by atoms with Crippen LogP contribution in [0.2, 0.25) is 0 Å². The van der Waals surface area contributed by atoms with Gasteiger partial charge in [-0.25, -0.2) is 8.42 Å². The molecular formula is C34H50N2O6S. The fourth-order valence-corrected chi connectivity index (χ4v) is 7.45. The van der Waals surface area contributed by atoms with E-state index in [1.54, 1.807) is 25.1 Å². The first-order valence-corrected chi connectivity index (χ1v) is 17.4. The molecule has 2 aromatic rings. The Balaban J connectivity index is 1.66. The Bertz CT molecular complexity index is 1230. The third-order valence-electron chi connectivity index (χ3n) is 8.41. The number of carbonyl (C=O) groups excluding carboxylic acids is 2. The van der Waals surface area contributed by atoms with Gasteiger partial charge in [0.1, 0.15) is 6.10 Å². The Morgan fingerprint density at radius 2 is 1.49 bits per heavy atom. The van der Waals surface area contributed by atoms with Gasteiger partial charge in [0.05, 0.1) is 34.6 Å². The monoisotopic (exact) mass is 614 g/mol. The van der Waals surface area contributed by atoms with Gasteiger partial charge in [-0.05, 0) is 48.8 Å². The predicted octanol–water partition coefficient (Wildman–Crippen LogP) is 4.29. The number of hydrogen-bond donors (Lipinski definition) is 4. The molecule has 8 nitrogen and oxygen atoms in total. The molecule has 3 rings (SSSR count). The topological polar surface area (TPSA) is 133 Å². The molecule has 2 aromatic carbocycles. The number of carbonyl (C=O) groups is 2. The normalized spacial score (nSPS) is 17.9. The molecule has 43 heavy (non-hydrogen) atoms. The van der Waals surface area contributed by atoms with E-state index in [1.807, 2.05) is 44.2 Å². The summed E-state index contributed by atoms with van der Waals surface area (Å²) in [5.74, 6) is -2.03. The van der Waals surface area contributed by atoms with Crippen molar-refractivity contribution in [2.75, 3.05) is 12.3 Å². The molecule has 1 fully saturated rings. The van der Waals surface area contributed by atoms with Crippen molar-refractivity contribution in [3.63, 3.8) is 0 Å². The van der Waals surface area contributed by atoms with Crippen LogP contribution in [0, 0.1) is 23.7 Å². The van der Waals surface area contributed by atoms with E-state index in [9.17, 15) is 28.2 Å². The van der Waals surface area contributed by atoms with Gasteiger partial charge in [0.25, 0.3) is 0 Å². The molecule has 1 saturated carbocycles. The van der Waals surface area contributed by atoms with Gasteiger partial charge in [0.15, 0.2) is 9.84 Å². The lowest BCUT2D eigenvalue weighted by molar-refractivity contribution is -0.128. The molecule has 1 aliphatic carbocycles. The van der Waals surface area contributed by atoms with Crippen LogP contribution in [0.5, 0.6) is 0 Å². The highest BCUT2D eigenvalue weighted by Crippen LogP contribution is 2.29. The molecular weight excluding hydrogens is 564 g/mol. The zero-order valence-corrected chi connectivity index (χ0v) is 26.6. The van der Waals surface area contributed by atoms with Crippen molar-refractivity contribution >= 4 is 21.7 Å². The highest BCUT2D eigenvalue weighted by Gasteiger charge is 2.33. The lowest BCUT2D eigenvalue weighted by Gasteiger charge is -2.33. The largest absolute Gasteiger partial charge is 0.390 e. The Morgan fingerprint density at radius 3 is 2.09 bits per heavy atom. The lowest BCUT2D eigenvalue weighted by atomic mass is 9.82. The Labute approximate surface area is 257 Å². The van der Waals surface area contributed by atoms with Crippen LogP contribution in [0.1, 0.15) is 71.3 Å². The Hall–Kier alpha value is -2.75. The van der Waals surface area contributed by atoms with Crippen molar-refractivity contribution < 1.29 is 28.2 Å². The first-order valence-electron chi connectivity index (χ1n) is 15.7. The van der Waals surface area contributed by atoms with Crippen molar-refractivity contribution in [1.29, 1.82) is 0 Å². The van der Waals surface area contributed by atoms with E-state index >= 15 is 0 Å². The van der Waals surface area contributed by atoms with Crippen molar-refractivity contribution in [3.8, 4) is 0 Å². The zero-order chi connectivity index (χ0) is 31.4. The van der Waals surface area contributed by atoms with Crippen molar-refractivity contribution in [2.45, 2.75) is 95.3 Å². The minimum atomic E-state index is -3.73. The third-order valence-corrected chi connectivity index (χ3v) is 10.2. The molecule has 0 unspecified atom stereocenters. The fourth-order valence-electron chi connectivity index (χ4n) is 5.89. The number of nitrogens with one attached hydrogen (secondary N) is 2. The van der Waals surface area contributed by atoms with Gasteiger partial charge in [-0.1, -0.05) is 101 Å². The first-order chi connectivity index (χ1) is 20.5. The second-order valence-corrected chi connectivity index (χ2v) is 14.7. The van der Waals surface area contributed by atoms with E-state index in [-0.39, 0.29) is 35.4 Å². The molecule has 0 radical (unpaired) electrons. The van der Waals surface area contributed by atoms with Crippen molar-refractivity contribution in [1.82, 2.24) is 10.6 Å². The molecule has 0 spiro atoms. The molecule has 9 heteroatoms. The summed E-state index contributed by atoms with van der Waals surface area (Å²) in [5, 5.41) is 27.5. The summed E-state index contributed by atoms with van der Waals surface area (Å²) in [6.07, 6.45) is 4.76. The highest BCUT2D eigenvalue weighted by atomic mass is 32.2. The van der Waals surface area contributed by atoms with Crippen molar-refractivity contribution in [2.24, 2.45) is 23.7 Å². The Kier molecular flexibility index (Phi) is 13.7. The van der Waals surface area contributed by atoms with Gasteiger partial charge in [-0.15, -0.1) is 0 Å². The number of hydrogen-bond acceptors (Lipinski definition) is 6. The van der Waals surface area contributed by atoms with Gasteiger partial charge in [0.2, 0.25) is 11.8 Å². The summed E-state index contributed by atoms with van der Waals surface area (Å²) in [7, 11) is -3.73.